The van der Waals surface area contributed by atoms with E-state index in [1.807, 2.05) is 54.6 Å². The van der Waals surface area contributed by atoms with Gasteiger partial charge >= 0.3 is 0 Å². The molecule has 0 aliphatic rings. The third kappa shape index (κ3) is 4.23. The molecule has 0 bridgehead atoms. The average molecular weight is 255 g/mol. The van der Waals surface area contributed by atoms with Crippen molar-refractivity contribution in [2.75, 3.05) is 0 Å². The van der Waals surface area contributed by atoms with Gasteiger partial charge in [-0.05, 0) is 16.7 Å². The number of aliphatic hydroxyl groups is 1. The fourth-order valence-electron chi connectivity index (χ4n) is 1.81. The van der Waals surface area contributed by atoms with Crippen molar-refractivity contribution < 1.29 is 9.90 Å². The molecule has 0 fully saturated rings. The highest BCUT2D eigenvalue weighted by Gasteiger charge is 2.02. The van der Waals surface area contributed by atoms with Crippen LogP contribution in [0.15, 0.2) is 54.6 Å². The van der Waals surface area contributed by atoms with E-state index in [1.54, 1.807) is 0 Å². The number of aliphatic hydroxyl groups excluding tert-OH is 1. The number of hydrogen-bond acceptors (Lipinski definition) is 2. The molecular weight excluding hydrogens is 238 g/mol. The minimum Gasteiger partial charge on any atom is -0.392 e. The summed E-state index contributed by atoms with van der Waals surface area (Å²) in [5.41, 5.74) is 2.91. The van der Waals surface area contributed by atoms with Gasteiger partial charge in [0.25, 0.3) is 0 Å². The lowest BCUT2D eigenvalue weighted by Gasteiger charge is -2.06. The monoisotopic (exact) mass is 255 g/mol. The Morgan fingerprint density at radius 2 is 1.53 bits per heavy atom. The molecule has 0 heterocycles. The van der Waals surface area contributed by atoms with Crippen molar-refractivity contribution in [3.8, 4) is 0 Å². The van der Waals surface area contributed by atoms with Crippen LogP contribution in [-0.2, 0) is 24.4 Å². The molecule has 2 aromatic carbocycles. The van der Waals surface area contributed by atoms with Crippen molar-refractivity contribution in [1.82, 2.24) is 5.32 Å². The second-order valence-electron chi connectivity index (χ2n) is 4.41. The van der Waals surface area contributed by atoms with E-state index >= 15 is 0 Å². The highest BCUT2D eigenvalue weighted by atomic mass is 16.3. The van der Waals surface area contributed by atoms with E-state index in [1.165, 1.54) is 0 Å². The first kappa shape index (κ1) is 13.3. The molecule has 2 rings (SSSR count). The minimum absolute atomic E-state index is 0.0115. The molecule has 0 saturated carbocycles. The molecule has 0 atom stereocenters. The van der Waals surface area contributed by atoms with Gasteiger partial charge in [0.2, 0.25) is 5.91 Å². The molecule has 3 heteroatoms. The molecule has 19 heavy (non-hydrogen) atoms. The van der Waals surface area contributed by atoms with E-state index < -0.39 is 0 Å². The second-order valence-corrected chi connectivity index (χ2v) is 4.41. The van der Waals surface area contributed by atoms with E-state index in [0.29, 0.717) is 13.0 Å². The zero-order chi connectivity index (χ0) is 13.5. The van der Waals surface area contributed by atoms with Crippen LogP contribution in [-0.4, -0.2) is 11.0 Å². The van der Waals surface area contributed by atoms with Crippen LogP contribution in [0.3, 0.4) is 0 Å². The molecule has 0 saturated heterocycles. The van der Waals surface area contributed by atoms with Crippen LogP contribution in [0.4, 0.5) is 0 Å². The molecule has 0 spiro atoms. The maximum atomic E-state index is 11.8. The van der Waals surface area contributed by atoms with E-state index in [-0.39, 0.29) is 12.5 Å². The Labute approximate surface area is 112 Å². The van der Waals surface area contributed by atoms with Crippen LogP contribution in [0.1, 0.15) is 16.7 Å². The van der Waals surface area contributed by atoms with Crippen molar-refractivity contribution in [3.05, 3.63) is 71.3 Å². The van der Waals surface area contributed by atoms with Crippen LogP contribution in [0.2, 0.25) is 0 Å². The average Bonchev–Trinajstić information content (AvgIpc) is 2.47. The molecule has 0 aromatic heterocycles. The summed E-state index contributed by atoms with van der Waals surface area (Å²) in [6, 6.07) is 17.2. The van der Waals surface area contributed by atoms with Gasteiger partial charge in [-0.15, -0.1) is 0 Å². The Morgan fingerprint density at radius 3 is 2.16 bits per heavy atom. The lowest BCUT2D eigenvalue weighted by atomic mass is 10.1. The van der Waals surface area contributed by atoms with E-state index in [9.17, 15) is 4.79 Å². The van der Waals surface area contributed by atoms with Crippen molar-refractivity contribution >= 4 is 5.91 Å². The van der Waals surface area contributed by atoms with Gasteiger partial charge in [0.15, 0.2) is 0 Å². The maximum Gasteiger partial charge on any atom is 0.224 e. The third-order valence-corrected chi connectivity index (χ3v) is 2.90. The number of rotatable bonds is 5. The molecule has 1 amide bonds. The molecule has 2 aromatic rings. The quantitative estimate of drug-likeness (QED) is 0.859. The Hall–Kier alpha value is -2.13. The SMILES string of the molecule is O=C(Cc1ccccc1)NCc1ccc(CO)cc1. The van der Waals surface area contributed by atoms with Crippen LogP contribution < -0.4 is 5.32 Å². The van der Waals surface area contributed by atoms with Gasteiger partial charge in [0.05, 0.1) is 13.0 Å². The highest BCUT2D eigenvalue weighted by Crippen LogP contribution is 2.04. The van der Waals surface area contributed by atoms with Crippen molar-refractivity contribution in [3.63, 3.8) is 0 Å². The van der Waals surface area contributed by atoms with E-state index in [4.69, 9.17) is 5.11 Å². The predicted octanol–water partition coefficient (Wildman–Crippen LogP) is 2.04. The molecule has 0 unspecified atom stereocenters. The van der Waals surface area contributed by atoms with Crippen LogP contribution in [0.25, 0.3) is 0 Å². The minimum atomic E-state index is 0.0115. The summed E-state index contributed by atoms with van der Waals surface area (Å²) in [6.07, 6.45) is 0.398. The highest BCUT2D eigenvalue weighted by molar-refractivity contribution is 5.78. The number of hydrogen-bond donors (Lipinski definition) is 2. The first-order chi connectivity index (χ1) is 9.28. The van der Waals surface area contributed by atoms with E-state index in [2.05, 4.69) is 5.32 Å². The summed E-state index contributed by atoms with van der Waals surface area (Å²) in [4.78, 5) is 11.8. The summed E-state index contributed by atoms with van der Waals surface area (Å²) in [5, 5.41) is 11.8. The van der Waals surface area contributed by atoms with Gasteiger partial charge in [0, 0.05) is 6.54 Å². The Bertz CT molecular complexity index is 520. The molecular formula is C16H17NO2. The zero-order valence-corrected chi connectivity index (χ0v) is 10.7. The zero-order valence-electron chi connectivity index (χ0n) is 10.7. The summed E-state index contributed by atoms with van der Waals surface area (Å²) in [6.45, 7) is 0.554. The third-order valence-electron chi connectivity index (χ3n) is 2.90. The summed E-state index contributed by atoms with van der Waals surface area (Å²) in [5.74, 6) is 0.0115. The molecule has 98 valence electrons. The standard InChI is InChI=1S/C16H17NO2/c18-12-15-8-6-14(7-9-15)11-17-16(19)10-13-4-2-1-3-5-13/h1-9,18H,10-12H2,(H,17,19). The van der Waals surface area contributed by atoms with Gasteiger partial charge in [-0.25, -0.2) is 0 Å². The predicted molar refractivity (Wildman–Crippen MR) is 74.4 cm³/mol. The number of nitrogens with one attached hydrogen (secondary N) is 1. The Morgan fingerprint density at radius 1 is 0.895 bits per heavy atom. The fraction of sp³-hybridized carbons (Fsp3) is 0.188. The number of amides is 1. The second kappa shape index (κ2) is 6.71. The maximum absolute atomic E-state index is 11.8. The van der Waals surface area contributed by atoms with Gasteiger partial charge in [0.1, 0.15) is 0 Å². The first-order valence-corrected chi connectivity index (χ1v) is 6.27. The molecule has 0 radical (unpaired) electrons. The summed E-state index contributed by atoms with van der Waals surface area (Å²) < 4.78 is 0. The van der Waals surface area contributed by atoms with Gasteiger partial charge in [-0.3, -0.25) is 4.79 Å². The Kier molecular flexibility index (Phi) is 4.70. The molecule has 0 aliphatic carbocycles. The largest absolute Gasteiger partial charge is 0.392 e. The lowest BCUT2D eigenvalue weighted by Crippen LogP contribution is -2.24. The van der Waals surface area contributed by atoms with Crippen LogP contribution >= 0.6 is 0 Å². The summed E-state index contributed by atoms with van der Waals surface area (Å²) >= 11 is 0. The molecule has 3 nitrogen and oxygen atoms in total. The Balaban J connectivity index is 1.83. The number of carbonyl (C=O) groups excluding carboxylic acids is 1. The first-order valence-electron chi connectivity index (χ1n) is 6.27. The smallest absolute Gasteiger partial charge is 0.224 e. The van der Waals surface area contributed by atoms with Gasteiger partial charge in [-0.2, -0.15) is 0 Å². The van der Waals surface area contributed by atoms with Crippen molar-refractivity contribution in [1.29, 1.82) is 0 Å². The topological polar surface area (TPSA) is 49.3 Å². The van der Waals surface area contributed by atoms with Crippen molar-refractivity contribution in [2.24, 2.45) is 0 Å². The fourth-order valence-corrected chi connectivity index (χ4v) is 1.81. The normalized spacial score (nSPS) is 10.2. The van der Waals surface area contributed by atoms with Crippen molar-refractivity contribution in [2.45, 2.75) is 19.6 Å². The van der Waals surface area contributed by atoms with Crippen LogP contribution in [0, 0.1) is 0 Å². The van der Waals surface area contributed by atoms with Gasteiger partial charge < -0.3 is 10.4 Å². The molecule has 0 aliphatic heterocycles. The van der Waals surface area contributed by atoms with E-state index in [0.717, 1.165) is 16.7 Å². The number of benzene rings is 2. The molecule has 2 N–H and O–H groups in total. The lowest BCUT2D eigenvalue weighted by molar-refractivity contribution is -0.120. The summed E-state index contributed by atoms with van der Waals surface area (Å²) in [7, 11) is 0. The van der Waals surface area contributed by atoms with Gasteiger partial charge in [-0.1, -0.05) is 54.6 Å². The number of carbonyl (C=O) groups is 1. The van der Waals surface area contributed by atoms with Crippen LogP contribution in [0.5, 0.6) is 0 Å².